The number of rotatable bonds is 11. The number of alkyl halides is 1. The summed E-state index contributed by atoms with van der Waals surface area (Å²) in [7, 11) is 0. The molecule has 2 unspecified atom stereocenters. The van der Waals surface area contributed by atoms with E-state index in [0.717, 1.165) is 24.2 Å². The fourth-order valence-electron chi connectivity index (χ4n) is 3.93. The van der Waals surface area contributed by atoms with Crippen molar-refractivity contribution in [3.63, 3.8) is 0 Å². The largest absolute Gasteiger partial charge is 0.494 e. The van der Waals surface area contributed by atoms with Gasteiger partial charge in [0.2, 0.25) is 0 Å². The normalized spacial score (nSPS) is 22.1. The predicted molar refractivity (Wildman–Crippen MR) is 135 cm³/mol. The number of hydrogen-bond acceptors (Lipinski definition) is 9. The van der Waals surface area contributed by atoms with Crippen LogP contribution in [-0.4, -0.2) is 67.5 Å². The quantitative estimate of drug-likeness (QED) is 0.130. The van der Waals surface area contributed by atoms with Crippen molar-refractivity contribution in [1.82, 2.24) is 0 Å². The summed E-state index contributed by atoms with van der Waals surface area (Å²) >= 11 is 3.39. The topological polar surface area (TPSA) is 107 Å². The third kappa shape index (κ3) is 6.97. The molecule has 2 aromatic carbocycles. The van der Waals surface area contributed by atoms with Crippen LogP contribution in [0.2, 0.25) is 0 Å². The zero-order valence-electron chi connectivity index (χ0n) is 20.0. The van der Waals surface area contributed by atoms with E-state index < -0.39 is 42.3 Å². The first-order valence-electron chi connectivity index (χ1n) is 11.9. The average molecular weight is 575 g/mol. The summed E-state index contributed by atoms with van der Waals surface area (Å²) in [6.45, 7) is 4.19. The van der Waals surface area contributed by atoms with E-state index in [9.17, 15) is 14.4 Å². The summed E-state index contributed by atoms with van der Waals surface area (Å²) in [6, 6.07) is 12.7. The number of fused-ring (bicyclic) bond motifs is 1. The molecule has 0 radical (unpaired) electrons. The van der Waals surface area contributed by atoms with E-state index in [4.69, 9.17) is 28.4 Å². The molecule has 0 bridgehead atoms. The van der Waals surface area contributed by atoms with Gasteiger partial charge < -0.3 is 28.4 Å². The van der Waals surface area contributed by atoms with Crippen molar-refractivity contribution >= 4 is 33.8 Å². The standard InChI is InChI=1S/C27H27BrO9/c1-2-23(29)35-20-11-7-18(8-12-20)27(31)37-22-16-34-24-21(15-33-25(22)24)36-26(30)17-5-9-19(10-6-17)32-14-4-3-13-28/h2,5-12,21-22,24-25H,1,3-4,13-16H2/t21-,22+,24?,25?/m0/s1. The van der Waals surface area contributed by atoms with Gasteiger partial charge in [0.15, 0.2) is 12.2 Å². The second-order valence-corrected chi connectivity index (χ2v) is 9.19. The third-order valence-corrected chi connectivity index (χ3v) is 6.40. The Morgan fingerprint density at radius 2 is 1.35 bits per heavy atom. The first kappa shape index (κ1) is 26.8. The highest BCUT2D eigenvalue weighted by Gasteiger charge is 2.51. The molecule has 0 saturated carbocycles. The smallest absolute Gasteiger partial charge is 0.338 e. The number of unbranched alkanes of at least 4 members (excludes halogenated alkanes) is 1. The molecule has 37 heavy (non-hydrogen) atoms. The third-order valence-electron chi connectivity index (χ3n) is 5.84. The molecule has 4 rings (SSSR count). The lowest BCUT2D eigenvalue weighted by atomic mass is 10.1. The summed E-state index contributed by atoms with van der Waals surface area (Å²) in [5, 5.41) is 0.936. The SMILES string of the molecule is C=CC(=O)Oc1ccc(C(=O)O[C@@H]2COC3C2OC[C@@H]3OC(=O)c2ccc(OCCCCBr)cc2)cc1. The maximum absolute atomic E-state index is 12.7. The van der Waals surface area contributed by atoms with Crippen LogP contribution in [0.4, 0.5) is 0 Å². The van der Waals surface area contributed by atoms with Crippen molar-refractivity contribution in [1.29, 1.82) is 0 Å². The molecule has 2 aliphatic rings. The minimum absolute atomic E-state index is 0.116. The van der Waals surface area contributed by atoms with Gasteiger partial charge in [0, 0.05) is 11.4 Å². The van der Waals surface area contributed by atoms with Gasteiger partial charge in [0.25, 0.3) is 0 Å². The van der Waals surface area contributed by atoms with Crippen LogP contribution in [0, 0.1) is 0 Å². The molecule has 9 nitrogen and oxygen atoms in total. The Labute approximate surface area is 222 Å². The highest BCUT2D eigenvalue weighted by atomic mass is 79.9. The molecule has 0 amide bonds. The van der Waals surface area contributed by atoms with Gasteiger partial charge in [-0.05, 0) is 61.4 Å². The van der Waals surface area contributed by atoms with E-state index in [1.807, 2.05) is 0 Å². The van der Waals surface area contributed by atoms with Gasteiger partial charge in [-0.15, -0.1) is 0 Å². The molecule has 0 spiro atoms. The molecule has 10 heteroatoms. The number of ether oxygens (including phenoxy) is 6. The van der Waals surface area contributed by atoms with Crippen LogP contribution >= 0.6 is 15.9 Å². The molecular weight excluding hydrogens is 548 g/mol. The van der Waals surface area contributed by atoms with Crippen LogP contribution in [0.25, 0.3) is 0 Å². The molecule has 0 N–H and O–H groups in total. The predicted octanol–water partition coefficient (Wildman–Crippen LogP) is 3.88. The average Bonchev–Trinajstić information content (AvgIpc) is 3.50. The molecule has 0 aliphatic carbocycles. The van der Waals surface area contributed by atoms with Crippen LogP contribution in [-0.2, 0) is 23.7 Å². The van der Waals surface area contributed by atoms with Crippen molar-refractivity contribution in [2.75, 3.05) is 25.2 Å². The molecule has 2 aliphatic heterocycles. The van der Waals surface area contributed by atoms with Gasteiger partial charge in [-0.25, -0.2) is 14.4 Å². The van der Waals surface area contributed by atoms with Crippen molar-refractivity contribution in [2.24, 2.45) is 0 Å². The van der Waals surface area contributed by atoms with Crippen molar-refractivity contribution in [2.45, 2.75) is 37.3 Å². The molecule has 196 valence electrons. The minimum atomic E-state index is -0.652. The van der Waals surface area contributed by atoms with Crippen molar-refractivity contribution in [3.05, 3.63) is 72.3 Å². The molecule has 4 atom stereocenters. The van der Waals surface area contributed by atoms with E-state index >= 15 is 0 Å². The lowest BCUT2D eigenvalue weighted by Crippen LogP contribution is -2.36. The first-order chi connectivity index (χ1) is 18.0. The Kier molecular flexibility index (Phi) is 9.32. The summed E-state index contributed by atoms with van der Waals surface area (Å²) in [5.74, 6) is -0.704. The summed E-state index contributed by atoms with van der Waals surface area (Å²) in [6.07, 6.45) is 0.644. The van der Waals surface area contributed by atoms with Crippen LogP contribution in [0.5, 0.6) is 11.5 Å². The van der Waals surface area contributed by atoms with E-state index in [0.29, 0.717) is 17.9 Å². The zero-order valence-corrected chi connectivity index (χ0v) is 21.6. The second-order valence-electron chi connectivity index (χ2n) is 8.40. The highest BCUT2D eigenvalue weighted by Crippen LogP contribution is 2.31. The molecule has 2 saturated heterocycles. The number of hydrogen-bond donors (Lipinski definition) is 0. The minimum Gasteiger partial charge on any atom is -0.494 e. The highest BCUT2D eigenvalue weighted by molar-refractivity contribution is 9.09. The molecular formula is C27H27BrO9. The van der Waals surface area contributed by atoms with E-state index in [1.165, 1.54) is 24.3 Å². The number of esters is 3. The molecule has 2 fully saturated rings. The lowest BCUT2D eigenvalue weighted by Gasteiger charge is -2.17. The van der Waals surface area contributed by atoms with Crippen molar-refractivity contribution in [3.8, 4) is 11.5 Å². The fourth-order valence-corrected chi connectivity index (χ4v) is 4.33. The first-order valence-corrected chi connectivity index (χ1v) is 13.0. The van der Waals surface area contributed by atoms with Gasteiger partial charge >= 0.3 is 17.9 Å². The lowest BCUT2D eigenvalue weighted by molar-refractivity contribution is -0.128. The Balaban J connectivity index is 1.26. The summed E-state index contributed by atoms with van der Waals surface area (Å²) in [5.41, 5.74) is 0.665. The number of halogens is 1. The fraction of sp³-hybridized carbons (Fsp3) is 0.370. The van der Waals surface area contributed by atoms with Crippen LogP contribution in [0.1, 0.15) is 33.6 Å². The van der Waals surface area contributed by atoms with E-state index in [1.54, 1.807) is 24.3 Å². The molecule has 2 aromatic rings. The zero-order chi connectivity index (χ0) is 26.2. The Hall–Kier alpha value is -3.21. The van der Waals surface area contributed by atoms with Crippen LogP contribution in [0.3, 0.4) is 0 Å². The maximum atomic E-state index is 12.7. The van der Waals surface area contributed by atoms with Gasteiger partial charge in [0.05, 0.1) is 30.9 Å². The summed E-state index contributed by atoms with van der Waals surface area (Å²) in [4.78, 5) is 36.5. The van der Waals surface area contributed by atoms with Gasteiger partial charge in [0.1, 0.15) is 23.7 Å². The monoisotopic (exact) mass is 574 g/mol. The number of carbonyl (C=O) groups is 3. The second kappa shape index (κ2) is 12.8. The maximum Gasteiger partial charge on any atom is 0.338 e. The van der Waals surface area contributed by atoms with E-state index in [-0.39, 0.29) is 24.5 Å². The van der Waals surface area contributed by atoms with Gasteiger partial charge in [-0.2, -0.15) is 0 Å². The molecule has 2 heterocycles. The Bertz CT molecular complexity index is 1100. The van der Waals surface area contributed by atoms with Crippen LogP contribution < -0.4 is 9.47 Å². The summed E-state index contributed by atoms with van der Waals surface area (Å²) < 4.78 is 33.4. The van der Waals surface area contributed by atoms with Crippen LogP contribution in [0.15, 0.2) is 61.2 Å². The van der Waals surface area contributed by atoms with E-state index in [2.05, 4.69) is 22.5 Å². The van der Waals surface area contributed by atoms with Gasteiger partial charge in [-0.3, -0.25) is 0 Å². The van der Waals surface area contributed by atoms with Crippen molar-refractivity contribution < 1.29 is 42.8 Å². The number of carbonyl (C=O) groups excluding carboxylic acids is 3. The number of benzene rings is 2. The molecule has 0 aromatic heterocycles. The Morgan fingerprint density at radius 3 is 1.84 bits per heavy atom. The van der Waals surface area contributed by atoms with Gasteiger partial charge in [-0.1, -0.05) is 22.5 Å². The Morgan fingerprint density at radius 1 is 0.838 bits per heavy atom.